The van der Waals surface area contributed by atoms with Gasteiger partial charge in [-0.3, -0.25) is 9.69 Å². The predicted molar refractivity (Wildman–Crippen MR) is 118 cm³/mol. The number of methoxy groups -OCH3 is 1. The monoisotopic (exact) mass is 463 g/mol. The number of nitrogens with zero attached hydrogens (tertiary/aromatic N) is 2. The highest BCUT2D eigenvalue weighted by molar-refractivity contribution is 7.18. The van der Waals surface area contributed by atoms with Crippen molar-refractivity contribution in [3.8, 4) is 5.75 Å². The van der Waals surface area contributed by atoms with E-state index in [9.17, 15) is 9.59 Å². The van der Waals surface area contributed by atoms with Gasteiger partial charge in [0, 0.05) is 32.0 Å². The zero-order valence-corrected chi connectivity index (χ0v) is 18.4. The molecule has 5 rings (SSSR count). The molecule has 10 heteroatoms. The van der Waals surface area contributed by atoms with Crippen molar-refractivity contribution in [2.75, 3.05) is 43.2 Å². The van der Waals surface area contributed by atoms with Gasteiger partial charge in [0.05, 0.1) is 27.5 Å². The molecule has 2 fully saturated rings. The average Bonchev–Trinajstić information content (AvgIpc) is 3.50. The highest BCUT2D eigenvalue weighted by Crippen LogP contribution is 2.41. The maximum Gasteiger partial charge on any atom is 0.415 e. The standard InChI is InChI=1S/C21H22ClN3O5S/c1-28-13-6-7-24(10-13)12-2-3-14-16(8-12)29-11-15-17(30-21(27)25(14)15)9-23-20(26)18-4-5-19(22)31-18/h2-5,8,13,15,17H,6-7,9-11H2,1H3,(H,23,26)/t13-,15-,17-/m0/s1. The molecule has 3 aliphatic rings. The summed E-state index contributed by atoms with van der Waals surface area (Å²) in [6, 6.07) is 8.89. The van der Waals surface area contributed by atoms with Crippen molar-refractivity contribution in [3.05, 3.63) is 39.5 Å². The van der Waals surface area contributed by atoms with Gasteiger partial charge in [-0.1, -0.05) is 11.6 Å². The number of carbonyl (C=O) groups excluding carboxylic acids is 2. The number of anilines is 2. The van der Waals surface area contributed by atoms with Gasteiger partial charge in [0.25, 0.3) is 5.91 Å². The molecule has 0 bridgehead atoms. The lowest BCUT2D eigenvalue weighted by Crippen LogP contribution is -2.47. The van der Waals surface area contributed by atoms with Crippen LogP contribution in [-0.4, -0.2) is 63.6 Å². The Morgan fingerprint density at radius 2 is 2.23 bits per heavy atom. The number of benzene rings is 1. The molecule has 0 spiro atoms. The molecule has 0 radical (unpaired) electrons. The summed E-state index contributed by atoms with van der Waals surface area (Å²) in [5.41, 5.74) is 1.73. The Hall–Kier alpha value is -2.49. The summed E-state index contributed by atoms with van der Waals surface area (Å²) in [7, 11) is 1.73. The minimum atomic E-state index is -0.499. The van der Waals surface area contributed by atoms with Crippen molar-refractivity contribution in [1.29, 1.82) is 0 Å². The number of carbonyl (C=O) groups is 2. The van der Waals surface area contributed by atoms with Crippen molar-refractivity contribution < 1.29 is 23.8 Å². The van der Waals surface area contributed by atoms with Crippen molar-refractivity contribution in [3.63, 3.8) is 0 Å². The predicted octanol–water partition coefficient (Wildman–Crippen LogP) is 3.14. The Morgan fingerprint density at radius 3 is 2.97 bits per heavy atom. The molecule has 1 aromatic heterocycles. The van der Waals surface area contributed by atoms with E-state index in [1.807, 2.05) is 18.2 Å². The quantitative estimate of drug-likeness (QED) is 0.733. The molecule has 0 aliphatic carbocycles. The first-order valence-corrected chi connectivity index (χ1v) is 11.3. The van der Waals surface area contributed by atoms with Gasteiger partial charge in [0.2, 0.25) is 0 Å². The molecule has 1 aromatic carbocycles. The number of ether oxygens (including phenoxy) is 3. The molecular weight excluding hydrogens is 442 g/mol. The minimum absolute atomic E-state index is 0.199. The molecule has 0 unspecified atom stereocenters. The summed E-state index contributed by atoms with van der Waals surface area (Å²) in [6.45, 7) is 2.25. The van der Waals surface area contributed by atoms with E-state index in [2.05, 4.69) is 10.2 Å². The van der Waals surface area contributed by atoms with E-state index >= 15 is 0 Å². The number of cyclic esters (lactones) is 1. The number of amides is 2. The van der Waals surface area contributed by atoms with Crippen molar-refractivity contribution in [1.82, 2.24) is 5.32 Å². The lowest BCUT2D eigenvalue weighted by atomic mass is 10.1. The second-order valence-electron chi connectivity index (χ2n) is 7.73. The molecule has 0 saturated carbocycles. The Kier molecular flexibility index (Phi) is 5.41. The molecule has 3 atom stereocenters. The minimum Gasteiger partial charge on any atom is -0.489 e. The molecule has 31 heavy (non-hydrogen) atoms. The highest BCUT2D eigenvalue weighted by atomic mass is 35.5. The number of hydrogen-bond donors (Lipinski definition) is 1. The molecule has 164 valence electrons. The van der Waals surface area contributed by atoms with Crippen LogP contribution in [0, 0.1) is 0 Å². The zero-order chi connectivity index (χ0) is 21.5. The molecule has 3 aliphatic heterocycles. The summed E-state index contributed by atoms with van der Waals surface area (Å²) in [4.78, 5) is 29.3. The fraction of sp³-hybridized carbons (Fsp3) is 0.429. The van der Waals surface area contributed by atoms with Crippen LogP contribution < -0.4 is 19.9 Å². The number of nitrogens with one attached hydrogen (secondary N) is 1. The van der Waals surface area contributed by atoms with Gasteiger partial charge in [0.1, 0.15) is 24.5 Å². The molecule has 8 nitrogen and oxygen atoms in total. The normalized spacial score (nSPS) is 24.5. The van der Waals surface area contributed by atoms with E-state index in [1.165, 1.54) is 11.3 Å². The lowest BCUT2D eigenvalue weighted by Gasteiger charge is -2.32. The van der Waals surface area contributed by atoms with Crippen LogP contribution >= 0.6 is 22.9 Å². The first-order chi connectivity index (χ1) is 15.0. The summed E-state index contributed by atoms with van der Waals surface area (Å²) in [5.74, 6) is 0.414. The van der Waals surface area contributed by atoms with Crippen LogP contribution in [0.15, 0.2) is 30.3 Å². The van der Waals surface area contributed by atoms with Gasteiger partial charge in [-0.25, -0.2) is 4.79 Å². The average molecular weight is 464 g/mol. The van der Waals surface area contributed by atoms with Crippen LogP contribution in [0.25, 0.3) is 0 Å². The first-order valence-electron chi connectivity index (χ1n) is 10.1. The van der Waals surface area contributed by atoms with Gasteiger partial charge in [-0.15, -0.1) is 11.3 Å². The van der Waals surface area contributed by atoms with Gasteiger partial charge in [-0.05, 0) is 30.7 Å². The Morgan fingerprint density at radius 1 is 1.35 bits per heavy atom. The van der Waals surface area contributed by atoms with Crippen LogP contribution in [0.4, 0.5) is 16.2 Å². The van der Waals surface area contributed by atoms with Gasteiger partial charge in [0.15, 0.2) is 0 Å². The number of halogens is 1. The highest BCUT2D eigenvalue weighted by Gasteiger charge is 2.46. The third kappa shape index (κ3) is 3.81. The van der Waals surface area contributed by atoms with Crippen molar-refractivity contribution in [2.24, 2.45) is 0 Å². The van der Waals surface area contributed by atoms with Crippen LogP contribution in [0.2, 0.25) is 4.34 Å². The second kappa shape index (κ2) is 8.22. The zero-order valence-electron chi connectivity index (χ0n) is 16.9. The van der Waals surface area contributed by atoms with Crippen LogP contribution in [0.5, 0.6) is 5.75 Å². The number of rotatable bonds is 5. The van der Waals surface area contributed by atoms with E-state index in [0.29, 0.717) is 27.3 Å². The summed E-state index contributed by atoms with van der Waals surface area (Å²) < 4.78 is 17.6. The smallest absolute Gasteiger partial charge is 0.415 e. The summed E-state index contributed by atoms with van der Waals surface area (Å²) >= 11 is 7.10. The Labute approximate surface area is 188 Å². The fourth-order valence-electron chi connectivity index (χ4n) is 4.26. The molecule has 2 amide bonds. The van der Waals surface area contributed by atoms with Crippen LogP contribution in [0.3, 0.4) is 0 Å². The fourth-order valence-corrected chi connectivity index (χ4v) is 5.22. The van der Waals surface area contributed by atoms with E-state index in [1.54, 1.807) is 24.1 Å². The third-order valence-corrected chi connectivity index (χ3v) is 7.16. The van der Waals surface area contributed by atoms with Crippen molar-refractivity contribution >= 4 is 46.3 Å². The molecular formula is C21H22ClN3O5S. The number of hydrogen-bond acceptors (Lipinski definition) is 7. The lowest BCUT2D eigenvalue weighted by molar-refractivity contribution is 0.0890. The maximum atomic E-state index is 12.6. The number of fused-ring (bicyclic) bond motifs is 3. The third-order valence-electron chi connectivity index (χ3n) is 5.93. The largest absolute Gasteiger partial charge is 0.489 e. The van der Waals surface area contributed by atoms with E-state index in [-0.39, 0.29) is 24.6 Å². The Balaban J connectivity index is 1.28. The van der Waals surface area contributed by atoms with E-state index in [0.717, 1.165) is 25.2 Å². The molecule has 2 saturated heterocycles. The maximum absolute atomic E-state index is 12.6. The van der Waals surface area contributed by atoms with Gasteiger partial charge in [-0.2, -0.15) is 0 Å². The second-order valence-corrected chi connectivity index (χ2v) is 9.44. The number of thiophene rings is 1. The van der Waals surface area contributed by atoms with Crippen molar-refractivity contribution in [2.45, 2.75) is 24.7 Å². The van der Waals surface area contributed by atoms with Crippen LogP contribution in [0.1, 0.15) is 16.1 Å². The topological polar surface area (TPSA) is 80.3 Å². The van der Waals surface area contributed by atoms with E-state index < -0.39 is 12.2 Å². The molecule has 1 N–H and O–H groups in total. The summed E-state index contributed by atoms with van der Waals surface area (Å²) in [6.07, 6.45) is 0.290. The van der Waals surface area contributed by atoms with Gasteiger partial charge >= 0.3 is 6.09 Å². The first kappa shape index (κ1) is 20.4. The summed E-state index contributed by atoms with van der Waals surface area (Å²) in [5, 5.41) is 2.82. The molecule has 4 heterocycles. The van der Waals surface area contributed by atoms with E-state index in [4.69, 9.17) is 25.8 Å². The van der Waals surface area contributed by atoms with Crippen LogP contribution in [-0.2, 0) is 9.47 Å². The SMILES string of the molecule is CO[C@H]1CCN(c2ccc3c(c2)OC[C@H]2[C@H](CNC(=O)c4ccc(Cl)s4)OC(=O)N32)C1. The van der Waals surface area contributed by atoms with Gasteiger partial charge < -0.3 is 24.4 Å². The molecule has 2 aromatic rings. The Bertz CT molecular complexity index is 1010.